The van der Waals surface area contributed by atoms with Crippen molar-refractivity contribution in [3.63, 3.8) is 0 Å². The van der Waals surface area contributed by atoms with Crippen molar-refractivity contribution in [1.82, 2.24) is 0 Å². The minimum atomic E-state index is -1.46. The molecule has 0 radical (unpaired) electrons. The average Bonchev–Trinajstić information content (AvgIpc) is 1.81. The van der Waals surface area contributed by atoms with Crippen LogP contribution in [0.4, 0.5) is 0 Å². The van der Waals surface area contributed by atoms with Crippen LogP contribution in [0.25, 0.3) is 0 Å². The molecule has 0 aliphatic heterocycles. The van der Waals surface area contributed by atoms with Crippen LogP contribution in [-0.2, 0) is 9.16 Å². The first-order chi connectivity index (χ1) is 4.49. The molecule has 2 nitrogen and oxygen atoms in total. The molecule has 0 amide bonds. The molecule has 0 rings (SSSR count). The Hall–Kier alpha value is -0.443. The van der Waals surface area contributed by atoms with Gasteiger partial charge in [-0.1, -0.05) is 0 Å². The van der Waals surface area contributed by atoms with Crippen molar-refractivity contribution < 1.29 is 9.16 Å². The first-order valence-electron chi connectivity index (χ1n) is 3.39. The van der Waals surface area contributed by atoms with E-state index in [1.807, 2.05) is 13.0 Å². The first kappa shape index (κ1) is 9.56. The lowest BCUT2D eigenvalue weighted by molar-refractivity contribution is 0.146. The molecule has 0 saturated heterocycles. The van der Waals surface area contributed by atoms with Crippen molar-refractivity contribution in [2.75, 3.05) is 7.11 Å². The SMILES string of the molecule is C/C=C(/OC)O[Si](C)(C)C. The van der Waals surface area contributed by atoms with E-state index in [-0.39, 0.29) is 0 Å². The summed E-state index contributed by atoms with van der Waals surface area (Å²) >= 11 is 0. The predicted octanol–water partition coefficient (Wildman–Crippen LogP) is 2.35. The van der Waals surface area contributed by atoms with E-state index in [0.29, 0.717) is 5.95 Å². The van der Waals surface area contributed by atoms with E-state index in [1.54, 1.807) is 7.11 Å². The third-order valence-corrected chi connectivity index (χ3v) is 1.66. The molecule has 10 heavy (non-hydrogen) atoms. The molecule has 0 spiro atoms. The lowest BCUT2D eigenvalue weighted by Gasteiger charge is -2.19. The van der Waals surface area contributed by atoms with Crippen molar-refractivity contribution in [3.05, 3.63) is 12.0 Å². The molecule has 0 aliphatic rings. The predicted molar refractivity (Wildman–Crippen MR) is 45.2 cm³/mol. The van der Waals surface area contributed by atoms with E-state index in [2.05, 4.69) is 19.6 Å². The highest BCUT2D eigenvalue weighted by Crippen LogP contribution is 2.09. The molecular formula is C7H16O2Si. The monoisotopic (exact) mass is 160 g/mol. The Labute approximate surface area is 64.0 Å². The van der Waals surface area contributed by atoms with Gasteiger partial charge in [-0.05, 0) is 32.6 Å². The highest BCUT2D eigenvalue weighted by atomic mass is 28.4. The maximum Gasteiger partial charge on any atom is 0.260 e. The zero-order valence-electron chi connectivity index (χ0n) is 7.39. The summed E-state index contributed by atoms with van der Waals surface area (Å²) in [6.07, 6.45) is 1.83. The smallest absolute Gasteiger partial charge is 0.260 e. The Morgan fingerprint density at radius 2 is 1.80 bits per heavy atom. The standard InChI is InChI=1S/C7H16O2Si/c1-6-7(8-2)9-10(3,4)5/h6H,1-5H3/b7-6-. The van der Waals surface area contributed by atoms with Crippen LogP contribution in [0.15, 0.2) is 12.0 Å². The van der Waals surface area contributed by atoms with Crippen molar-refractivity contribution in [3.8, 4) is 0 Å². The maximum absolute atomic E-state index is 5.51. The molecule has 0 fully saturated rings. The van der Waals surface area contributed by atoms with E-state index in [9.17, 15) is 0 Å². The van der Waals surface area contributed by atoms with Crippen LogP contribution in [0.3, 0.4) is 0 Å². The summed E-state index contributed by atoms with van der Waals surface area (Å²) in [5.74, 6) is 0.638. The first-order valence-corrected chi connectivity index (χ1v) is 6.79. The van der Waals surface area contributed by atoms with Gasteiger partial charge in [0.05, 0.1) is 7.11 Å². The molecule has 60 valence electrons. The van der Waals surface area contributed by atoms with Crippen LogP contribution >= 0.6 is 0 Å². The van der Waals surface area contributed by atoms with E-state index >= 15 is 0 Å². The number of rotatable bonds is 3. The Kier molecular flexibility index (Phi) is 3.50. The van der Waals surface area contributed by atoms with Gasteiger partial charge in [0.2, 0.25) is 8.32 Å². The quantitative estimate of drug-likeness (QED) is 0.466. The molecular weight excluding hydrogens is 144 g/mol. The highest BCUT2D eigenvalue weighted by molar-refractivity contribution is 6.69. The van der Waals surface area contributed by atoms with Crippen LogP contribution < -0.4 is 0 Å². The topological polar surface area (TPSA) is 18.5 Å². The Balaban J connectivity index is 3.88. The molecule has 0 aliphatic carbocycles. The van der Waals surface area contributed by atoms with E-state index in [0.717, 1.165) is 0 Å². The number of hydrogen-bond acceptors (Lipinski definition) is 2. The lowest BCUT2D eigenvalue weighted by Crippen LogP contribution is -2.25. The Morgan fingerprint density at radius 1 is 1.30 bits per heavy atom. The molecule has 0 heterocycles. The summed E-state index contributed by atoms with van der Waals surface area (Å²) < 4.78 is 10.5. The largest absolute Gasteiger partial charge is 0.520 e. The fourth-order valence-electron chi connectivity index (χ4n) is 0.520. The summed E-state index contributed by atoms with van der Waals surface area (Å²) in [5.41, 5.74) is 0. The fourth-order valence-corrected chi connectivity index (χ4v) is 1.32. The normalized spacial score (nSPS) is 13.1. The molecule has 0 atom stereocenters. The molecule has 0 aromatic heterocycles. The van der Waals surface area contributed by atoms with E-state index < -0.39 is 8.32 Å². The molecule has 0 aromatic rings. The molecule has 3 heteroatoms. The Bertz CT molecular complexity index is 124. The summed E-state index contributed by atoms with van der Waals surface area (Å²) in [6.45, 7) is 8.26. The van der Waals surface area contributed by atoms with Crippen LogP contribution in [0.2, 0.25) is 19.6 Å². The number of ether oxygens (including phenoxy) is 1. The molecule has 0 aromatic carbocycles. The third kappa shape index (κ3) is 4.44. The molecule has 0 saturated carbocycles. The van der Waals surface area contributed by atoms with Crippen molar-refractivity contribution >= 4 is 8.32 Å². The number of hydrogen-bond donors (Lipinski definition) is 0. The van der Waals surface area contributed by atoms with Gasteiger partial charge in [0.25, 0.3) is 5.95 Å². The van der Waals surface area contributed by atoms with Crippen LogP contribution in [0.1, 0.15) is 6.92 Å². The van der Waals surface area contributed by atoms with Crippen LogP contribution in [-0.4, -0.2) is 15.4 Å². The van der Waals surface area contributed by atoms with Gasteiger partial charge >= 0.3 is 0 Å². The van der Waals surface area contributed by atoms with Gasteiger partial charge in [-0.2, -0.15) is 0 Å². The van der Waals surface area contributed by atoms with E-state index in [4.69, 9.17) is 9.16 Å². The lowest BCUT2D eigenvalue weighted by atomic mass is 10.7. The summed E-state index contributed by atoms with van der Waals surface area (Å²) in [7, 11) is 0.165. The summed E-state index contributed by atoms with van der Waals surface area (Å²) in [4.78, 5) is 0. The zero-order valence-corrected chi connectivity index (χ0v) is 8.39. The van der Waals surface area contributed by atoms with Gasteiger partial charge in [0, 0.05) is 0 Å². The van der Waals surface area contributed by atoms with Gasteiger partial charge in [-0.15, -0.1) is 0 Å². The van der Waals surface area contributed by atoms with E-state index in [1.165, 1.54) is 0 Å². The molecule has 0 N–H and O–H groups in total. The second kappa shape index (κ2) is 3.66. The van der Waals surface area contributed by atoms with Gasteiger partial charge in [-0.25, -0.2) is 0 Å². The second-order valence-electron chi connectivity index (χ2n) is 3.03. The van der Waals surface area contributed by atoms with Gasteiger partial charge < -0.3 is 9.16 Å². The molecule has 0 bridgehead atoms. The third-order valence-electron chi connectivity index (χ3n) is 0.844. The van der Waals surface area contributed by atoms with Crippen LogP contribution in [0, 0.1) is 0 Å². The minimum absolute atomic E-state index is 0.638. The maximum atomic E-state index is 5.51. The number of methoxy groups -OCH3 is 1. The summed E-state index contributed by atoms with van der Waals surface area (Å²) in [5, 5.41) is 0. The molecule has 0 unspecified atom stereocenters. The van der Waals surface area contributed by atoms with Gasteiger partial charge in [0.1, 0.15) is 0 Å². The van der Waals surface area contributed by atoms with Gasteiger partial charge in [-0.3, -0.25) is 0 Å². The fraction of sp³-hybridized carbons (Fsp3) is 0.714. The Morgan fingerprint density at radius 3 is 1.90 bits per heavy atom. The zero-order chi connectivity index (χ0) is 8.20. The second-order valence-corrected chi connectivity index (χ2v) is 7.46. The summed E-state index contributed by atoms with van der Waals surface area (Å²) in [6, 6.07) is 0. The minimum Gasteiger partial charge on any atom is -0.520 e. The average molecular weight is 160 g/mol. The van der Waals surface area contributed by atoms with Crippen LogP contribution in [0.5, 0.6) is 0 Å². The number of allylic oxidation sites excluding steroid dienone is 1. The van der Waals surface area contributed by atoms with Crippen molar-refractivity contribution in [2.24, 2.45) is 0 Å². The van der Waals surface area contributed by atoms with Crippen molar-refractivity contribution in [1.29, 1.82) is 0 Å². The van der Waals surface area contributed by atoms with Crippen molar-refractivity contribution in [2.45, 2.75) is 26.6 Å². The highest BCUT2D eigenvalue weighted by Gasteiger charge is 2.17. The van der Waals surface area contributed by atoms with Gasteiger partial charge in [0.15, 0.2) is 0 Å².